The predicted octanol–water partition coefficient (Wildman–Crippen LogP) is 2.55. The van der Waals surface area contributed by atoms with E-state index in [0.717, 1.165) is 12.0 Å². The van der Waals surface area contributed by atoms with E-state index in [2.05, 4.69) is 21.2 Å². The Kier molecular flexibility index (Phi) is 6.18. The van der Waals surface area contributed by atoms with Crippen LogP contribution in [-0.4, -0.2) is 22.7 Å². The zero-order valence-electron chi connectivity index (χ0n) is 15.0. The van der Waals surface area contributed by atoms with Crippen molar-refractivity contribution < 1.29 is 18.8 Å². The minimum atomic E-state index is -0.423. The van der Waals surface area contributed by atoms with Gasteiger partial charge >= 0.3 is 0 Å². The zero-order valence-corrected chi connectivity index (χ0v) is 15.8. The van der Waals surface area contributed by atoms with Gasteiger partial charge in [-0.15, -0.1) is 11.3 Å². The normalized spacial score (nSPS) is 10.3. The van der Waals surface area contributed by atoms with Crippen molar-refractivity contribution in [3.8, 4) is 0 Å². The molecule has 3 rings (SSSR count). The molecular weight excluding hydrogens is 380 g/mol. The molecule has 28 heavy (non-hydrogen) atoms. The van der Waals surface area contributed by atoms with E-state index in [9.17, 15) is 14.4 Å². The Balaban J connectivity index is 1.47. The molecule has 0 saturated heterocycles. The SMILES string of the molecule is CCc1ccc(C(=O)NNC(=O)Cc2csc(NC(=O)c3ccco3)n2)cc1. The Bertz CT molecular complexity index is 964. The molecule has 2 aromatic heterocycles. The van der Waals surface area contributed by atoms with Gasteiger partial charge in [-0.25, -0.2) is 4.98 Å². The highest BCUT2D eigenvalue weighted by Gasteiger charge is 2.13. The Morgan fingerprint density at radius 1 is 1.07 bits per heavy atom. The number of carbonyl (C=O) groups excluding carboxylic acids is 3. The Morgan fingerprint density at radius 3 is 2.54 bits per heavy atom. The summed E-state index contributed by atoms with van der Waals surface area (Å²) in [5, 5.41) is 4.60. The number of rotatable bonds is 6. The monoisotopic (exact) mass is 398 g/mol. The van der Waals surface area contributed by atoms with Crippen LogP contribution < -0.4 is 16.2 Å². The third-order valence-corrected chi connectivity index (χ3v) is 4.61. The molecule has 144 valence electrons. The highest BCUT2D eigenvalue weighted by molar-refractivity contribution is 7.14. The molecule has 0 aliphatic rings. The molecule has 9 heteroatoms. The summed E-state index contributed by atoms with van der Waals surface area (Å²) in [6.07, 6.45) is 2.25. The first-order valence-corrected chi connectivity index (χ1v) is 9.40. The number of nitrogens with zero attached hydrogens (tertiary/aromatic N) is 1. The number of hydrogen-bond acceptors (Lipinski definition) is 6. The van der Waals surface area contributed by atoms with E-state index < -0.39 is 17.7 Å². The Morgan fingerprint density at radius 2 is 1.86 bits per heavy atom. The van der Waals surface area contributed by atoms with Crippen molar-refractivity contribution >= 4 is 34.2 Å². The fourth-order valence-electron chi connectivity index (χ4n) is 2.31. The molecule has 3 amide bonds. The number of amides is 3. The van der Waals surface area contributed by atoms with Crippen molar-refractivity contribution in [1.82, 2.24) is 15.8 Å². The van der Waals surface area contributed by atoms with E-state index in [0.29, 0.717) is 16.4 Å². The molecule has 0 radical (unpaired) electrons. The van der Waals surface area contributed by atoms with Crippen LogP contribution >= 0.6 is 11.3 Å². The van der Waals surface area contributed by atoms with E-state index >= 15 is 0 Å². The first kappa shape index (κ1) is 19.3. The van der Waals surface area contributed by atoms with Crippen LogP contribution in [0.1, 0.15) is 39.1 Å². The van der Waals surface area contributed by atoms with Gasteiger partial charge in [0.15, 0.2) is 10.9 Å². The highest BCUT2D eigenvalue weighted by Crippen LogP contribution is 2.17. The maximum absolute atomic E-state index is 12.0. The maximum Gasteiger partial charge on any atom is 0.293 e. The first-order valence-electron chi connectivity index (χ1n) is 8.52. The minimum Gasteiger partial charge on any atom is -0.459 e. The largest absolute Gasteiger partial charge is 0.459 e. The molecule has 3 N–H and O–H groups in total. The summed E-state index contributed by atoms with van der Waals surface area (Å²) in [4.78, 5) is 40.1. The summed E-state index contributed by atoms with van der Waals surface area (Å²) in [6, 6.07) is 10.3. The van der Waals surface area contributed by atoms with E-state index in [1.54, 1.807) is 23.6 Å². The van der Waals surface area contributed by atoms with Crippen LogP contribution in [0.15, 0.2) is 52.5 Å². The van der Waals surface area contributed by atoms with Crippen LogP contribution in [-0.2, 0) is 17.6 Å². The number of aromatic nitrogens is 1. The predicted molar refractivity (Wildman–Crippen MR) is 104 cm³/mol. The van der Waals surface area contributed by atoms with E-state index in [1.807, 2.05) is 19.1 Å². The molecule has 3 aromatic rings. The quantitative estimate of drug-likeness (QED) is 0.552. The second-order valence-electron chi connectivity index (χ2n) is 5.80. The number of hydrogen-bond donors (Lipinski definition) is 3. The summed E-state index contributed by atoms with van der Waals surface area (Å²) in [5.74, 6) is -1.07. The fraction of sp³-hybridized carbons (Fsp3) is 0.158. The van der Waals surface area contributed by atoms with Crippen molar-refractivity contribution in [2.24, 2.45) is 0 Å². The lowest BCUT2D eigenvalue weighted by molar-refractivity contribution is -0.121. The van der Waals surface area contributed by atoms with Crippen molar-refractivity contribution in [3.05, 3.63) is 70.6 Å². The van der Waals surface area contributed by atoms with Crippen molar-refractivity contribution in [3.63, 3.8) is 0 Å². The fourth-order valence-corrected chi connectivity index (χ4v) is 3.02. The molecule has 0 aliphatic carbocycles. The van der Waals surface area contributed by atoms with Gasteiger partial charge in [-0.1, -0.05) is 19.1 Å². The molecule has 2 heterocycles. The van der Waals surface area contributed by atoms with Crippen LogP contribution in [0.5, 0.6) is 0 Å². The van der Waals surface area contributed by atoms with Crippen molar-refractivity contribution in [2.45, 2.75) is 19.8 Å². The molecule has 0 fully saturated rings. The molecule has 0 unspecified atom stereocenters. The molecule has 0 saturated carbocycles. The number of carbonyl (C=O) groups is 3. The third-order valence-electron chi connectivity index (χ3n) is 3.80. The van der Waals surface area contributed by atoms with Gasteiger partial charge in [-0.05, 0) is 36.2 Å². The second-order valence-corrected chi connectivity index (χ2v) is 6.66. The zero-order chi connectivity index (χ0) is 19.9. The van der Waals surface area contributed by atoms with Crippen LogP contribution in [0.2, 0.25) is 0 Å². The molecule has 0 atom stereocenters. The topological polar surface area (TPSA) is 113 Å². The van der Waals surface area contributed by atoms with Crippen LogP contribution in [0, 0.1) is 0 Å². The third kappa shape index (κ3) is 5.04. The molecular formula is C19H18N4O4S. The van der Waals surface area contributed by atoms with E-state index in [4.69, 9.17) is 4.42 Å². The number of thiazole rings is 1. The number of benzene rings is 1. The molecule has 1 aromatic carbocycles. The number of anilines is 1. The van der Waals surface area contributed by atoms with Gasteiger partial charge in [0.2, 0.25) is 5.91 Å². The van der Waals surface area contributed by atoms with Gasteiger partial charge in [0.25, 0.3) is 11.8 Å². The lowest BCUT2D eigenvalue weighted by Crippen LogP contribution is -2.42. The maximum atomic E-state index is 12.0. The van der Waals surface area contributed by atoms with Crippen molar-refractivity contribution in [2.75, 3.05) is 5.32 Å². The molecule has 8 nitrogen and oxygen atoms in total. The van der Waals surface area contributed by atoms with Crippen LogP contribution in [0.4, 0.5) is 5.13 Å². The van der Waals surface area contributed by atoms with E-state index in [1.165, 1.54) is 23.7 Å². The summed E-state index contributed by atoms with van der Waals surface area (Å²) >= 11 is 1.19. The smallest absolute Gasteiger partial charge is 0.293 e. The second kappa shape index (κ2) is 8.96. The lowest BCUT2D eigenvalue weighted by atomic mass is 10.1. The summed E-state index contributed by atoms with van der Waals surface area (Å²) in [7, 11) is 0. The summed E-state index contributed by atoms with van der Waals surface area (Å²) in [6.45, 7) is 2.03. The van der Waals surface area contributed by atoms with Gasteiger partial charge in [0.1, 0.15) is 0 Å². The number of nitrogens with one attached hydrogen (secondary N) is 3. The van der Waals surface area contributed by atoms with Crippen LogP contribution in [0.3, 0.4) is 0 Å². The molecule has 0 bridgehead atoms. The average Bonchev–Trinajstić information content (AvgIpc) is 3.38. The Hall–Kier alpha value is -3.46. The van der Waals surface area contributed by atoms with Crippen molar-refractivity contribution in [1.29, 1.82) is 0 Å². The average molecular weight is 398 g/mol. The van der Waals surface area contributed by atoms with Gasteiger partial charge in [-0.3, -0.25) is 30.6 Å². The minimum absolute atomic E-state index is 0.0395. The van der Waals surface area contributed by atoms with Gasteiger partial charge in [0.05, 0.1) is 18.4 Å². The van der Waals surface area contributed by atoms with Gasteiger partial charge < -0.3 is 4.42 Å². The van der Waals surface area contributed by atoms with Gasteiger partial charge in [-0.2, -0.15) is 0 Å². The van der Waals surface area contributed by atoms with E-state index in [-0.39, 0.29) is 12.2 Å². The van der Waals surface area contributed by atoms with Gasteiger partial charge in [0, 0.05) is 10.9 Å². The Labute approximate surface area is 164 Å². The lowest BCUT2D eigenvalue weighted by Gasteiger charge is -2.07. The number of furan rings is 1. The molecule has 0 aliphatic heterocycles. The number of hydrazine groups is 1. The standard InChI is InChI=1S/C19H18N4O4S/c1-2-12-5-7-13(8-6-12)17(25)23-22-16(24)10-14-11-28-19(20-14)21-18(26)15-4-3-9-27-15/h3-9,11H,2,10H2,1H3,(H,22,24)(H,23,25)(H,20,21,26). The highest BCUT2D eigenvalue weighted by atomic mass is 32.1. The number of aryl methyl sites for hydroxylation is 1. The van der Waals surface area contributed by atoms with Crippen LogP contribution in [0.25, 0.3) is 0 Å². The summed E-state index contributed by atoms with van der Waals surface area (Å²) in [5.41, 5.74) is 6.77. The summed E-state index contributed by atoms with van der Waals surface area (Å²) < 4.78 is 5.00. The first-order chi connectivity index (χ1) is 13.5. The molecule has 0 spiro atoms.